The van der Waals surface area contributed by atoms with E-state index in [-0.39, 0.29) is 25.0 Å². The summed E-state index contributed by atoms with van der Waals surface area (Å²) in [5.74, 6) is -1.03. The highest BCUT2D eigenvalue weighted by atomic mass is 35.5. The summed E-state index contributed by atoms with van der Waals surface area (Å²) in [7, 11) is 0. The third-order valence-corrected chi connectivity index (χ3v) is 3.67. The first kappa shape index (κ1) is 15.5. The fourth-order valence-corrected chi connectivity index (χ4v) is 2.44. The average Bonchev–Trinajstić information content (AvgIpc) is 2.69. The van der Waals surface area contributed by atoms with Gasteiger partial charge in [-0.05, 0) is 31.9 Å². The number of nitrogens with zero attached hydrogens (tertiary/aromatic N) is 2. The van der Waals surface area contributed by atoms with Gasteiger partial charge >= 0.3 is 5.97 Å². The molecule has 0 aromatic heterocycles. The average molecular weight is 309 g/mol. The van der Waals surface area contributed by atoms with Crippen molar-refractivity contribution in [2.24, 2.45) is 11.0 Å². The molecule has 1 unspecified atom stereocenters. The maximum atomic E-state index is 12.3. The van der Waals surface area contributed by atoms with Gasteiger partial charge < -0.3 is 4.74 Å². The summed E-state index contributed by atoms with van der Waals surface area (Å²) >= 11 is 6.12. The number of hydrogen-bond donors (Lipinski definition) is 0. The molecule has 1 heterocycles. The SMILES string of the molecule is CCOC(=O)CN1N=C(C)C(Cc2ccccc2Cl)C1=O. The lowest BCUT2D eigenvalue weighted by Gasteiger charge is -2.14. The standard InChI is InChI=1S/C15H17ClN2O3/c1-3-21-14(19)9-18-15(20)12(10(2)17-18)8-11-6-4-5-7-13(11)16/h4-7,12H,3,8-9H2,1-2H3. The molecule has 1 aliphatic rings. The molecular weight excluding hydrogens is 292 g/mol. The van der Waals surface area contributed by atoms with Crippen molar-refractivity contribution in [1.29, 1.82) is 0 Å². The maximum absolute atomic E-state index is 12.3. The molecule has 1 aromatic carbocycles. The van der Waals surface area contributed by atoms with Crippen LogP contribution in [0, 0.1) is 5.92 Å². The Labute approximate surface area is 128 Å². The number of hydrogen-bond acceptors (Lipinski definition) is 4. The van der Waals surface area contributed by atoms with E-state index in [9.17, 15) is 9.59 Å². The van der Waals surface area contributed by atoms with Crippen LogP contribution in [-0.2, 0) is 20.7 Å². The number of halogens is 1. The van der Waals surface area contributed by atoms with Crippen molar-refractivity contribution in [3.05, 3.63) is 34.9 Å². The molecule has 2 rings (SSSR count). The normalized spacial score (nSPS) is 17.9. The van der Waals surface area contributed by atoms with E-state index in [0.717, 1.165) is 5.56 Å². The minimum absolute atomic E-state index is 0.150. The van der Waals surface area contributed by atoms with Gasteiger partial charge in [0.25, 0.3) is 5.91 Å². The Hall–Kier alpha value is -1.88. The number of hydrazone groups is 1. The molecule has 6 heteroatoms. The van der Waals surface area contributed by atoms with Crippen LogP contribution >= 0.6 is 11.6 Å². The first-order valence-corrected chi connectivity index (χ1v) is 7.16. The lowest BCUT2D eigenvalue weighted by Crippen LogP contribution is -2.33. The number of carbonyl (C=O) groups is 2. The number of amides is 1. The van der Waals surface area contributed by atoms with Crippen molar-refractivity contribution >= 4 is 29.2 Å². The van der Waals surface area contributed by atoms with Crippen LogP contribution in [0.3, 0.4) is 0 Å². The highest BCUT2D eigenvalue weighted by Crippen LogP contribution is 2.24. The third-order valence-electron chi connectivity index (χ3n) is 3.30. The van der Waals surface area contributed by atoms with Gasteiger partial charge in [-0.2, -0.15) is 5.10 Å². The van der Waals surface area contributed by atoms with E-state index in [1.54, 1.807) is 19.9 Å². The van der Waals surface area contributed by atoms with E-state index < -0.39 is 5.97 Å². The molecule has 0 bridgehead atoms. The molecule has 0 aliphatic carbocycles. The zero-order valence-corrected chi connectivity index (χ0v) is 12.8. The predicted octanol–water partition coefficient (Wildman–Crippen LogP) is 2.28. The summed E-state index contributed by atoms with van der Waals surface area (Å²) in [5, 5.41) is 5.96. The van der Waals surface area contributed by atoms with E-state index in [1.165, 1.54) is 5.01 Å². The van der Waals surface area contributed by atoms with Crippen molar-refractivity contribution < 1.29 is 14.3 Å². The summed E-state index contributed by atoms with van der Waals surface area (Å²) in [5.41, 5.74) is 1.58. The Kier molecular flexibility index (Phi) is 4.96. The zero-order chi connectivity index (χ0) is 15.4. The van der Waals surface area contributed by atoms with Gasteiger partial charge in [0.15, 0.2) is 0 Å². The van der Waals surface area contributed by atoms with Gasteiger partial charge in [-0.1, -0.05) is 29.8 Å². The smallest absolute Gasteiger partial charge is 0.327 e. The maximum Gasteiger partial charge on any atom is 0.327 e. The second kappa shape index (κ2) is 6.72. The minimum Gasteiger partial charge on any atom is -0.465 e. The number of rotatable bonds is 5. The molecular formula is C15H17ClN2O3. The molecule has 0 radical (unpaired) electrons. The molecule has 1 aromatic rings. The minimum atomic E-state index is -0.458. The second-order valence-corrected chi connectivity index (χ2v) is 5.20. The van der Waals surface area contributed by atoms with Crippen LogP contribution in [0.5, 0.6) is 0 Å². The summed E-state index contributed by atoms with van der Waals surface area (Å²) in [6.45, 7) is 3.64. The molecule has 1 atom stereocenters. The third kappa shape index (κ3) is 3.61. The largest absolute Gasteiger partial charge is 0.465 e. The van der Waals surface area contributed by atoms with Gasteiger partial charge in [0.1, 0.15) is 6.54 Å². The predicted molar refractivity (Wildman–Crippen MR) is 80.1 cm³/mol. The van der Waals surface area contributed by atoms with Gasteiger partial charge in [0, 0.05) is 10.7 Å². The molecule has 21 heavy (non-hydrogen) atoms. The highest BCUT2D eigenvalue weighted by Gasteiger charge is 2.34. The van der Waals surface area contributed by atoms with Gasteiger partial charge in [-0.15, -0.1) is 0 Å². The van der Waals surface area contributed by atoms with Gasteiger partial charge in [0.2, 0.25) is 0 Å². The van der Waals surface area contributed by atoms with Crippen molar-refractivity contribution in [2.75, 3.05) is 13.2 Å². The van der Waals surface area contributed by atoms with Gasteiger partial charge in [-0.3, -0.25) is 9.59 Å². The number of ether oxygens (including phenoxy) is 1. The van der Waals surface area contributed by atoms with E-state index in [0.29, 0.717) is 17.2 Å². The van der Waals surface area contributed by atoms with Crippen molar-refractivity contribution in [1.82, 2.24) is 5.01 Å². The fraction of sp³-hybridized carbons (Fsp3) is 0.400. The molecule has 0 fully saturated rings. The van der Waals surface area contributed by atoms with Crippen molar-refractivity contribution in [3.8, 4) is 0 Å². The molecule has 0 spiro atoms. The van der Waals surface area contributed by atoms with E-state index in [1.807, 2.05) is 18.2 Å². The van der Waals surface area contributed by atoms with Gasteiger partial charge in [0.05, 0.1) is 12.5 Å². The lowest BCUT2D eigenvalue weighted by molar-refractivity contribution is -0.148. The molecule has 1 amide bonds. The van der Waals surface area contributed by atoms with Crippen LogP contribution in [0.15, 0.2) is 29.4 Å². The summed E-state index contributed by atoms with van der Waals surface area (Å²) in [4.78, 5) is 23.8. The van der Waals surface area contributed by atoms with Crippen LogP contribution in [0.25, 0.3) is 0 Å². The highest BCUT2D eigenvalue weighted by molar-refractivity contribution is 6.31. The molecule has 0 saturated heterocycles. The molecule has 0 saturated carbocycles. The molecule has 1 aliphatic heterocycles. The second-order valence-electron chi connectivity index (χ2n) is 4.79. The lowest BCUT2D eigenvalue weighted by atomic mass is 9.95. The van der Waals surface area contributed by atoms with Crippen molar-refractivity contribution in [2.45, 2.75) is 20.3 Å². The van der Waals surface area contributed by atoms with E-state index >= 15 is 0 Å². The first-order chi connectivity index (χ1) is 10.0. The van der Waals surface area contributed by atoms with E-state index in [2.05, 4.69) is 5.10 Å². The van der Waals surface area contributed by atoms with Crippen LogP contribution in [-0.4, -0.2) is 35.7 Å². The Bertz CT molecular complexity index is 586. The summed E-state index contributed by atoms with van der Waals surface area (Å²) < 4.78 is 4.84. The monoisotopic (exact) mass is 308 g/mol. The van der Waals surface area contributed by atoms with Crippen LogP contribution in [0.1, 0.15) is 19.4 Å². The fourth-order valence-electron chi connectivity index (χ4n) is 2.23. The Morgan fingerprint density at radius 3 is 2.81 bits per heavy atom. The van der Waals surface area contributed by atoms with Crippen LogP contribution < -0.4 is 0 Å². The molecule has 112 valence electrons. The van der Waals surface area contributed by atoms with Crippen molar-refractivity contribution in [3.63, 3.8) is 0 Å². The topological polar surface area (TPSA) is 59.0 Å². The number of esters is 1. The first-order valence-electron chi connectivity index (χ1n) is 6.78. The molecule has 0 N–H and O–H groups in total. The summed E-state index contributed by atoms with van der Waals surface area (Å²) in [6, 6.07) is 7.40. The van der Waals surface area contributed by atoms with E-state index in [4.69, 9.17) is 16.3 Å². The molecule has 5 nitrogen and oxygen atoms in total. The van der Waals surface area contributed by atoms with Gasteiger partial charge in [-0.25, -0.2) is 5.01 Å². The number of carbonyl (C=O) groups excluding carboxylic acids is 2. The summed E-state index contributed by atoms with van der Waals surface area (Å²) in [6.07, 6.45) is 0.479. The van der Waals surface area contributed by atoms with Crippen LogP contribution in [0.2, 0.25) is 5.02 Å². The zero-order valence-electron chi connectivity index (χ0n) is 12.0. The Morgan fingerprint density at radius 2 is 2.14 bits per heavy atom. The Morgan fingerprint density at radius 1 is 1.43 bits per heavy atom. The quantitative estimate of drug-likeness (QED) is 0.784. The number of benzene rings is 1. The van der Waals surface area contributed by atoms with Crippen LogP contribution in [0.4, 0.5) is 0 Å². The Balaban J connectivity index is 2.06.